The molecule has 212 valence electrons. The van der Waals surface area contributed by atoms with Gasteiger partial charge in [0.25, 0.3) is 0 Å². The molecular formula is C36H33F2N3O. The maximum absolute atomic E-state index is 15.1. The summed E-state index contributed by atoms with van der Waals surface area (Å²) >= 11 is 0. The first kappa shape index (κ1) is 27.6. The molecule has 0 N–H and O–H groups in total. The molecule has 0 bridgehead atoms. The minimum atomic E-state index is -0.789. The van der Waals surface area contributed by atoms with Crippen molar-refractivity contribution >= 4 is 21.8 Å². The van der Waals surface area contributed by atoms with Gasteiger partial charge in [0.2, 0.25) is 0 Å². The van der Waals surface area contributed by atoms with Gasteiger partial charge in [0, 0.05) is 40.9 Å². The van der Waals surface area contributed by atoms with Crippen molar-refractivity contribution in [2.24, 2.45) is 0 Å². The average Bonchev–Trinajstić information content (AvgIpc) is 3.27. The van der Waals surface area contributed by atoms with E-state index in [1.807, 2.05) is 48.7 Å². The van der Waals surface area contributed by atoms with Crippen molar-refractivity contribution in [3.63, 3.8) is 0 Å². The Hall–Kier alpha value is -4.58. The SMILES string of the molecule is CC(C)(C)c1ccnc(-c2cc(Oc3ccc4c5ccccc5n(-c5cc(C(C)(C)C)ccn5)c4c3)c(F)cc2F)c1. The number of ether oxygens (including phenoxy) is 1. The molecule has 6 aromatic rings. The number of hydrogen-bond donors (Lipinski definition) is 0. The van der Waals surface area contributed by atoms with Gasteiger partial charge in [-0.05, 0) is 70.5 Å². The highest BCUT2D eigenvalue weighted by Gasteiger charge is 2.20. The van der Waals surface area contributed by atoms with E-state index < -0.39 is 11.6 Å². The van der Waals surface area contributed by atoms with Gasteiger partial charge in [-0.3, -0.25) is 9.55 Å². The zero-order chi connectivity index (χ0) is 29.8. The summed E-state index contributed by atoms with van der Waals surface area (Å²) in [5, 5.41) is 2.09. The van der Waals surface area contributed by atoms with Crippen LogP contribution in [-0.4, -0.2) is 14.5 Å². The lowest BCUT2D eigenvalue weighted by molar-refractivity contribution is 0.438. The first-order valence-electron chi connectivity index (χ1n) is 14.0. The molecule has 0 aliphatic rings. The molecule has 0 saturated heterocycles. The number of nitrogens with zero attached hydrogens (tertiary/aromatic N) is 3. The van der Waals surface area contributed by atoms with Crippen LogP contribution in [0.25, 0.3) is 38.9 Å². The van der Waals surface area contributed by atoms with E-state index in [9.17, 15) is 0 Å². The van der Waals surface area contributed by atoms with E-state index >= 15 is 8.78 Å². The average molecular weight is 562 g/mol. The standard InChI is InChI=1S/C36H33F2N3O/c1-35(2,3)22-13-15-39-30(17-22)27-20-33(29(38)21-28(27)37)42-24-11-12-26-25-9-7-8-10-31(25)41(32(26)19-24)34-18-23(14-16-40-34)36(4,5)6/h7-21H,1-6H3. The quantitative estimate of drug-likeness (QED) is 0.215. The van der Waals surface area contributed by atoms with E-state index in [0.29, 0.717) is 11.4 Å². The Morgan fingerprint density at radius 1 is 0.643 bits per heavy atom. The lowest BCUT2D eigenvalue weighted by Gasteiger charge is -2.20. The van der Waals surface area contributed by atoms with Gasteiger partial charge in [-0.25, -0.2) is 13.8 Å². The zero-order valence-electron chi connectivity index (χ0n) is 24.7. The van der Waals surface area contributed by atoms with Crippen molar-refractivity contribution < 1.29 is 13.5 Å². The van der Waals surface area contributed by atoms with Crippen LogP contribution in [0.3, 0.4) is 0 Å². The van der Waals surface area contributed by atoms with Gasteiger partial charge in [0.1, 0.15) is 17.4 Å². The third-order valence-corrected chi connectivity index (χ3v) is 7.64. The molecule has 0 saturated carbocycles. The lowest BCUT2D eigenvalue weighted by atomic mass is 9.87. The number of halogens is 2. The Balaban J connectivity index is 1.47. The van der Waals surface area contributed by atoms with Crippen LogP contribution < -0.4 is 4.74 Å². The summed E-state index contributed by atoms with van der Waals surface area (Å²) in [5.74, 6) is -0.358. The fourth-order valence-electron chi connectivity index (χ4n) is 5.24. The van der Waals surface area contributed by atoms with Gasteiger partial charge >= 0.3 is 0 Å². The van der Waals surface area contributed by atoms with Crippen LogP contribution in [0.15, 0.2) is 91.3 Å². The Morgan fingerprint density at radius 3 is 2.05 bits per heavy atom. The smallest absolute Gasteiger partial charge is 0.168 e. The fraction of sp³-hybridized carbons (Fsp3) is 0.222. The van der Waals surface area contributed by atoms with E-state index in [1.165, 1.54) is 6.07 Å². The normalized spacial score (nSPS) is 12.3. The van der Waals surface area contributed by atoms with Crippen LogP contribution in [0, 0.1) is 11.6 Å². The number of pyridine rings is 2. The summed E-state index contributed by atoms with van der Waals surface area (Å²) in [6.45, 7) is 12.7. The molecular weight excluding hydrogens is 528 g/mol. The topological polar surface area (TPSA) is 39.9 Å². The number of rotatable bonds is 4. The van der Waals surface area contributed by atoms with E-state index in [4.69, 9.17) is 9.72 Å². The molecule has 0 aliphatic carbocycles. The zero-order valence-corrected chi connectivity index (χ0v) is 24.7. The number of aromatic nitrogens is 3. The summed E-state index contributed by atoms with van der Waals surface area (Å²) in [6, 6.07) is 23.9. The Labute approximate surface area is 244 Å². The van der Waals surface area contributed by atoms with Crippen LogP contribution in [0.4, 0.5) is 8.78 Å². The third-order valence-electron chi connectivity index (χ3n) is 7.64. The molecule has 0 spiro atoms. The van der Waals surface area contributed by atoms with Gasteiger partial charge in [0.05, 0.1) is 16.7 Å². The molecule has 3 heterocycles. The van der Waals surface area contributed by atoms with Crippen molar-refractivity contribution in [1.29, 1.82) is 0 Å². The molecule has 0 fully saturated rings. The molecule has 4 nitrogen and oxygen atoms in total. The van der Waals surface area contributed by atoms with E-state index in [2.05, 4.69) is 69.3 Å². The first-order valence-corrected chi connectivity index (χ1v) is 14.0. The molecule has 6 rings (SSSR count). The van der Waals surface area contributed by atoms with Crippen molar-refractivity contribution in [2.75, 3.05) is 0 Å². The van der Waals surface area contributed by atoms with Gasteiger partial charge in [-0.15, -0.1) is 0 Å². The maximum Gasteiger partial charge on any atom is 0.168 e. The summed E-state index contributed by atoms with van der Waals surface area (Å²) in [6.07, 6.45) is 3.48. The van der Waals surface area contributed by atoms with Gasteiger partial charge in [0.15, 0.2) is 11.6 Å². The monoisotopic (exact) mass is 561 g/mol. The summed E-state index contributed by atoms with van der Waals surface area (Å²) in [7, 11) is 0. The minimum absolute atomic E-state index is 0.0518. The Morgan fingerprint density at radius 2 is 1.31 bits per heavy atom. The molecule has 3 aromatic carbocycles. The highest BCUT2D eigenvalue weighted by molar-refractivity contribution is 6.09. The largest absolute Gasteiger partial charge is 0.454 e. The van der Waals surface area contributed by atoms with Gasteiger partial charge in [-0.1, -0.05) is 59.7 Å². The van der Waals surface area contributed by atoms with Crippen molar-refractivity contribution in [1.82, 2.24) is 14.5 Å². The Kier molecular flexibility index (Phi) is 6.60. The van der Waals surface area contributed by atoms with Crippen molar-refractivity contribution in [3.8, 4) is 28.6 Å². The Bertz CT molecular complexity index is 1960. The first-order chi connectivity index (χ1) is 19.9. The minimum Gasteiger partial charge on any atom is -0.454 e. The van der Waals surface area contributed by atoms with Crippen LogP contribution in [0.1, 0.15) is 52.7 Å². The molecule has 0 radical (unpaired) electrons. The van der Waals surface area contributed by atoms with Crippen LogP contribution >= 0.6 is 0 Å². The predicted octanol–water partition coefficient (Wildman–Crippen LogP) is 9.91. The molecule has 3 aromatic heterocycles. The molecule has 0 unspecified atom stereocenters. The lowest BCUT2D eigenvalue weighted by Crippen LogP contribution is -2.12. The summed E-state index contributed by atoms with van der Waals surface area (Å²) in [5.41, 5.74) is 4.43. The summed E-state index contributed by atoms with van der Waals surface area (Å²) in [4.78, 5) is 9.08. The second-order valence-electron chi connectivity index (χ2n) is 12.7. The van der Waals surface area contributed by atoms with E-state index in [1.54, 1.807) is 12.3 Å². The van der Waals surface area contributed by atoms with E-state index in [-0.39, 0.29) is 22.1 Å². The second-order valence-corrected chi connectivity index (χ2v) is 12.7. The predicted molar refractivity (Wildman–Crippen MR) is 166 cm³/mol. The van der Waals surface area contributed by atoms with Crippen LogP contribution in [0.2, 0.25) is 0 Å². The molecule has 0 amide bonds. The molecule has 6 heteroatoms. The summed E-state index contributed by atoms with van der Waals surface area (Å²) < 4.78 is 38.3. The number of para-hydroxylation sites is 1. The third kappa shape index (κ3) is 5.02. The fourth-order valence-corrected chi connectivity index (χ4v) is 5.24. The highest BCUT2D eigenvalue weighted by atomic mass is 19.1. The second kappa shape index (κ2) is 10.1. The van der Waals surface area contributed by atoms with Crippen molar-refractivity contribution in [3.05, 3.63) is 114 Å². The maximum atomic E-state index is 15.1. The van der Waals surface area contributed by atoms with Gasteiger partial charge < -0.3 is 4.74 Å². The van der Waals surface area contributed by atoms with Crippen LogP contribution in [0.5, 0.6) is 11.5 Å². The molecule has 0 aliphatic heterocycles. The van der Waals surface area contributed by atoms with Crippen molar-refractivity contribution in [2.45, 2.75) is 52.4 Å². The molecule has 0 atom stereocenters. The number of benzene rings is 3. The number of fused-ring (bicyclic) bond motifs is 3. The molecule has 42 heavy (non-hydrogen) atoms. The van der Waals surface area contributed by atoms with Crippen LogP contribution in [-0.2, 0) is 10.8 Å². The highest BCUT2D eigenvalue weighted by Crippen LogP contribution is 2.37. The van der Waals surface area contributed by atoms with Gasteiger partial charge in [-0.2, -0.15) is 0 Å². The van der Waals surface area contributed by atoms with E-state index in [0.717, 1.165) is 44.8 Å². The number of hydrogen-bond acceptors (Lipinski definition) is 3.